The molecule has 2 heterocycles. The van der Waals surface area contributed by atoms with Gasteiger partial charge in [0.25, 0.3) is 5.91 Å². The molecule has 0 spiro atoms. The first-order valence-electron chi connectivity index (χ1n) is 9.38. The Hall–Kier alpha value is -2.54. The van der Waals surface area contributed by atoms with E-state index >= 15 is 0 Å². The number of hydrogen-bond donors (Lipinski definition) is 1. The molecule has 4 rings (SSSR count). The van der Waals surface area contributed by atoms with Gasteiger partial charge in [0.15, 0.2) is 11.5 Å². The molecule has 1 fully saturated rings. The minimum Gasteiger partial charge on any atom is -0.493 e. The molecule has 0 bridgehead atoms. The van der Waals surface area contributed by atoms with Gasteiger partial charge in [-0.05, 0) is 71.9 Å². The van der Waals surface area contributed by atoms with Crippen molar-refractivity contribution in [2.45, 2.75) is 38.3 Å². The number of methoxy groups -OCH3 is 1. The number of fused-ring (bicyclic) bond motifs is 1. The van der Waals surface area contributed by atoms with Gasteiger partial charge in [-0.1, -0.05) is 0 Å². The summed E-state index contributed by atoms with van der Waals surface area (Å²) in [7, 11) is 1.59. The molecule has 28 heavy (non-hydrogen) atoms. The number of nitrogens with zero attached hydrogens (tertiary/aromatic N) is 2. The number of carbonyl (C=O) groups excluding carboxylic acids is 1. The predicted molar refractivity (Wildman–Crippen MR) is 110 cm³/mol. The van der Waals surface area contributed by atoms with Crippen LogP contribution in [0.1, 0.15) is 41.7 Å². The molecule has 0 radical (unpaired) electrons. The van der Waals surface area contributed by atoms with Gasteiger partial charge in [-0.15, -0.1) is 0 Å². The zero-order chi connectivity index (χ0) is 19.5. The van der Waals surface area contributed by atoms with Crippen LogP contribution in [0.2, 0.25) is 0 Å². The molecule has 7 heteroatoms. The summed E-state index contributed by atoms with van der Waals surface area (Å²) in [6.45, 7) is 0.348. The molecule has 0 saturated heterocycles. The molecule has 0 atom stereocenters. The summed E-state index contributed by atoms with van der Waals surface area (Å²) in [5.74, 6) is 1.10. The van der Waals surface area contributed by atoms with Crippen LogP contribution in [0.4, 0.5) is 0 Å². The van der Waals surface area contributed by atoms with Crippen molar-refractivity contribution in [3.63, 3.8) is 0 Å². The number of hydrogen-bond acceptors (Lipinski definition) is 4. The number of rotatable bonds is 6. The van der Waals surface area contributed by atoms with Crippen molar-refractivity contribution in [2.75, 3.05) is 7.11 Å². The SMILES string of the molecule is COc1cc(C(=O)NCc2cn3cc(Br)ccc3n2)ccc1OC1CCCC1. The third kappa shape index (κ3) is 4.14. The summed E-state index contributed by atoms with van der Waals surface area (Å²) < 4.78 is 14.4. The average molecular weight is 444 g/mol. The quantitative estimate of drug-likeness (QED) is 0.614. The van der Waals surface area contributed by atoms with Crippen molar-refractivity contribution in [2.24, 2.45) is 0 Å². The smallest absolute Gasteiger partial charge is 0.251 e. The van der Waals surface area contributed by atoms with Crippen molar-refractivity contribution < 1.29 is 14.3 Å². The zero-order valence-electron chi connectivity index (χ0n) is 15.7. The van der Waals surface area contributed by atoms with E-state index in [4.69, 9.17) is 9.47 Å². The second-order valence-electron chi connectivity index (χ2n) is 6.92. The second kappa shape index (κ2) is 8.22. The van der Waals surface area contributed by atoms with E-state index in [1.807, 2.05) is 35.0 Å². The number of aromatic nitrogens is 2. The number of amides is 1. The van der Waals surface area contributed by atoms with Crippen molar-refractivity contribution in [1.29, 1.82) is 0 Å². The highest BCUT2D eigenvalue weighted by Gasteiger charge is 2.19. The Bertz CT molecular complexity index is 996. The maximum Gasteiger partial charge on any atom is 0.251 e. The predicted octanol–water partition coefficient (Wildman–Crippen LogP) is 4.36. The number of nitrogens with one attached hydrogen (secondary N) is 1. The number of halogens is 1. The molecule has 1 aliphatic rings. The topological polar surface area (TPSA) is 64.9 Å². The monoisotopic (exact) mass is 443 g/mol. The van der Waals surface area contributed by atoms with Gasteiger partial charge in [0.2, 0.25) is 0 Å². The van der Waals surface area contributed by atoms with E-state index in [2.05, 4.69) is 26.2 Å². The first-order chi connectivity index (χ1) is 13.6. The molecule has 1 aliphatic carbocycles. The summed E-state index contributed by atoms with van der Waals surface area (Å²) in [6.07, 6.45) is 8.62. The standard InChI is InChI=1S/C21H22BrN3O3/c1-27-19-10-14(6-8-18(19)28-17-4-2-3-5-17)21(26)23-11-16-13-25-12-15(22)7-9-20(25)24-16/h6-10,12-13,17H,2-5,11H2,1H3,(H,23,26). The summed E-state index contributed by atoms with van der Waals surface area (Å²) in [4.78, 5) is 17.1. The lowest BCUT2D eigenvalue weighted by atomic mass is 10.2. The molecule has 6 nitrogen and oxygen atoms in total. The molecule has 3 aromatic rings. The Morgan fingerprint density at radius 2 is 2.04 bits per heavy atom. The molecule has 0 unspecified atom stereocenters. The maximum atomic E-state index is 12.6. The van der Waals surface area contributed by atoms with Crippen molar-refractivity contribution >= 4 is 27.5 Å². The van der Waals surface area contributed by atoms with Crippen molar-refractivity contribution in [3.8, 4) is 11.5 Å². The lowest BCUT2D eigenvalue weighted by Crippen LogP contribution is -2.23. The van der Waals surface area contributed by atoms with E-state index in [1.165, 1.54) is 12.8 Å². The number of pyridine rings is 1. The van der Waals surface area contributed by atoms with Crippen molar-refractivity contribution in [1.82, 2.24) is 14.7 Å². The minimum absolute atomic E-state index is 0.177. The Kier molecular flexibility index (Phi) is 5.52. The van der Waals surface area contributed by atoms with E-state index in [1.54, 1.807) is 19.2 Å². The summed E-state index contributed by atoms with van der Waals surface area (Å²) in [6, 6.07) is 9.16. The largest absolute Gasteiger partial charge is 0.493 e. The van der Waals surface area contributed by atoms with E-state index in [0.717, 1.165) is 28.7 Å². The maximum absolute atomic E-state index is 12.6. The Morgan fingerprint density at radius 1 is 1.21 bits per heavy atom. The fraction of sp³-hybridized carbons (Fsp3) is 0.333. The highest BCUT2D eigenvalue weighted by molar-refractivity contribution is 9.10. The van der Waals surface area contributed by atoms with Gasteiger partial charge in [-0.25, -0.2) is 4.98 Å². The van der Waals surface area contributed by atoms with Crippen LogP contribution in [0, 0.1) is 0 Å². The van der Waals surface area contributed by atoms with Gasteiger partial charge in [-0.3, -0.25) is 4.79 Å². The van der Waals surface area contributed by atoms with E-state index in [9.17, 15) is 4.79 Å². The first kappa shape index (κ1) is 18.8. The number of carbonyl (C=O) groups is 1. The van der Waals surface area contributed by atoms with Crippen LogP contribution < -0.4 is 14.8 Å². The van der Waals surface area contributed by atoms with Gasteiger partial charge in [0, 0.05) is 22.4 Å². The molecular formula is C21H22BrN3O3. The lowest BCUT2D eigenvalue weighted by Gasteiger charge is -2.16. The third-order valence-corrected chi connectivity index (χ3v) is 5.39. The van der Waals surface area contributed by atoms with Crippen LogP contribution in [0.25, 0.3) is 5.65 Å². The first-order valence-corrected chi connectivity index (χ1v) is 10.2. The van der Waals surface area contributed by atoms with Gasteiger partial charge >= 0.3 is 0 Å². The molecule has 1 N–H and O–H groups in total. The Labute approximate surface area is 172 Å². The fourth-order valence-corrected chi connectivity index (χ4v) is 3.82. The average Bonchev–Trinajstić information content (AvgIpc) is 3.35. The highest BCUT2D eigenvalue weighted by atomic mass is 79.9. The Balaban J connectivity index is 1.43. The number of benzene rings is 1. The summed E-state index contributed by atoms with van der Waals surface area (Å²) in [5, 5.41) is 2.91. The molecular weight excluding hydrogens is 422 g/mol. The molecule has 0 aliphatic heterocycles. The van der Waals surface area contributed by atoms with Crippen LogP contribution >= 0.6 is 15.9 Å². The zero-order valence-corrected chi connectivity index (χ0v) is 17.2. The van der Waals surface area contributed by atoms with Gasteiger partial charge in [0.05, 0.1) is 25.5 Å². The van der Waals surface area contributed by atoms with Crippen LogP contribution in [-0.4, -0.2) is 28.5 Å². The number of imidazole rings is 1. The Morgan fingerprint density at radius 3 is 2.82 bits per heavy atom. The van der Waals surface area contributed by atoms with Gasteiger partial charge < -0.3 is 19.2 Å². The van der Waals surface area contributed by atoms with E-state index in [-0.39, 0.29) is 12.0 Å². The lowest BCUT2D eigenvalue weighted by molar-refractivity contribution is 0.0950. The van der Waals surface area contributed by atoms with Crippen molar-refractivity contribution in [3.05, 3.63) is 58.5 Å². The van der Waals surface area contributed by atoms with E-state index < -0.39 is 0 Å². The fourth-order valence-electron chi connectivity index (χ4n) is 3.47. The third-order valence-electron chi connectivity index (χ3n) is 4.92. The molecule has 1 amide bonds. The van der Waals surface area contributed by atoms with Crippen LogP contribution in [-0.2, 0) is 6.54 Å². The minimum atomic E-state index is -0.177. The normalized spacial score (nSPS) is 14.4. The molecule has 1 aromatic carbocycles. The second-order valence-corrected chi connectivity index (χ2v) is 7.83. The molecule has 2 aromatic heterocycles. The summed E-state index contributed by atoms with van der Waals surface area (Å²) in [5.41, 5.74) is 2.16. The highest BCUT2D eigenvalue weighted by Crippen LogP contribution is 2.32. The summed E-state index contributed by atoms with van der Waals surface area (Å²) >= 11 is 3.44. The van der Waals surface area contributed by atoms with E-state index in [0.29, 0.717) is 23.6 Å². The molecule has 146 valence electrons. The van der Waals surface area contributed by atoms with Gasteiger partial charge in [0.1, 0.15) is 5.65 Å². The molecule has 1 saturated carbocycles. The van der Waals surface area contributed by atoms with Crippen LogP contribution in [0.15, 0.2) is 47.2 Å². The van der Waals surface area contributed by atoms with Crippen LogP contribution in [0.5, 0.6) is 11.5 Å². The van der Waals surface area contributed by atoms with Crippen LogP contribution in [0.3, 0.4) is 0 Å². The van der Waals surface area contributed by atoms with Gasteiger partial charge in [-0.2, -0.15) is 0 Å². The number of ether oxygens (including phenoxy) is 2.